The van der Waals surface area contributed by atoms with E-state index < -0.39 is 17.4 Å². The Morgan fingerprint density at radius 1 is 0.750 bits per heavy atom. The van der Waals surface area contributed by atoms with Crippen LogP contribution in [0.4, 0.5) is 8.78 Å². The van der Waals surface area contributed by atoms with Crippen LogP contribution in [0.2, 0.25) is 0 Å². The Morgan fingerprint density at radius 2 is 1.39 bits per heavy atom. The Labute approximate surface area is 163 Å². The third-order valence-electron chi connectivity index (χ3n) is 4.68. The lowest BCUT2D eigenvalue weighted by Crippen LogP contribution is -2.34. The van der Waals surface area contributed by atoms with Crippen molar-refractivity contribution < 1.29 is 23.0 Å². The van der Waals surface area contributed by atoms with Crippen LogP contribution < -0.4 is 0 Å². The second-order valence-corrected chi connectivity index (χ2v) is 6.35. The Bertz CT molecular complexity index is 918. The van der Waals surface area contributed by atoms with E-state index in [1.807, 2.05) is 48.5 Å². The SMILES string of the molecule is COCc1cc(-c2ccccc2)ccc1C(OC)(OC)c1cc(F)cc(F)c1. The fourth-order valence-electron chi connectivity index (χ4n) is 3.44. The molecule has 0 N–H and O–H groups in total. The van der Waals surface area contributed by atoms with Crippen molar-refractivity contribution in [3.8, 4) is 11.1 Å². The van der Waals surface area contributed by atoms with Crippen LogP contribution >= 0.6 is 0 Å². The molecule has 0 bridgehead atoms. The summed E-state index contributed by atoms with van der Waals surface area (Å²) >= 11 is 0. The maximum absolute atomic E-state index is 13.9. The number of ether oxygens (including phenoxy) is 3. The van der Waals surface area contributed by atoms with Crippen LogP contribution in [0.3, 0.4) is 0 Å². The van der Waals surface area contributed by atoms with Gasteiger partial charge in [0.25, 0.3) is 0 Å². The Balaban J connectivity index is 2.20. The van der Waals surface area contributed by atoms with Gasteiger partial charge in [-0.1, -0.05) is 42.5 Å². The molecule has 3 aromatic rings. The van der Waals surface area contributed by atoms with Crippen LogP contribution in [0.1, 0.15) is 16.7 Å². The molecule has 0 amide bonds. The van der Waals surface area contributed by atoms with Crippen molar-refractivity contribution >= 4 is 0 Å². The number of rotatable bonds is 7. The third-order valence-corrected chi connectivity index (χ3v) is 4.68. The summed E-state index contributed by atoms with van der Waals surface area (Å²) in [6.07, 6.45) is 0. The molecule has 146 valence electrons. The summed E-state index contributed by atoms with van der Waals surface area (Å²) in [6.45, 7) is 0.280. The minimum absolute atomic E-state index is 0.222. The van der Waals surface area contributed by atoms with Gasteiger partial charge in [0.2, 0.25) is 5.79 Å². The molecule has 0 aliphatic heterocycles. The number of benzene rings is 3. The van der Waals surface area contributed by atoms with E-state index >= 15 is 0 Å². The van der Waals surface area contributed by atoms with Crippen LogP contribution in [0.15, 0.2) is 66.7 Å². The molecular formula is C23H22F2O3. The highest BCUT2D eigenvalue weighted by atomic mass is 19.1. The molecule has 3 nitrogen and oxygen atoms in total. The highest BCUT2D eigenvalue weighted by Crippen LogP contribution is 2.38. The van der Waals surface area contributed by atoms with Crippen molar-refractivity contribution in [2.24, 2.45) is 0 Å². The van der Waals surface area contributed by atoms with E-state index in [0.29, 0.717) is 5.56 Å². The third kappa shape index (κ3) is 3.83. The molecule has 0 fully saturated rings. The van der Waals surface area contributed by atoms with Crippen molar-refractivity contribution in [1.29, 1.82) is 0 Å². The maximum atomic E-state index is 13.9. The zero-order valence-electron chi connectivity index (χ0n) is 16.0. The van der Waals surface area contributed by atoms with E-state index in [0.717, 1.165) is 22.8 Å². The van der Waals surface area contributed by atoms with Crippen molar-refractivity contribution in [2.75, 3.05) is 21.3 Å². The first-order valence-electron chi connectivity index (χ1n) is 8.78. The van der Waals surface area contributed by atoms with E-state index in [-0.39, 0.29) is 12.2 Å². The molecule has 0 aliphatic rings. The first-order valence-corrected chi connectivity index (χ1v) is 8.78. The fraction of sp³-hybridized carbons (Fsp3) is 0.217. The van der Waals surface area contributed by atoms with E-state index in [9.17, 15) is 8.78 Å². The molecule has 0 radical (unpaired) electrons. The molecule has 0 saturated heterocycles. The number of hydrogen-bond donors (Lipinski definition) is 0. The molecule has 0 heterocycles. The zero-order valence-corrected chi connectivity index (χ0v) is 16.0. The number of halogens is 2. The van der Waals surface area contributed by atoms with Gasteiger partial charge in [-0.05, 0) is 34.9 Å². The summed E-state index contributed by atoms with van der Waals surface area (Å²) < 4.78 is 44.6. The molecule has 5 heteroatoms. The smallest absolute Gasteiger partial charge is 0.222 e. The van der Waals surface area contributed by atoms with Crippen molar-refractivity contribution in [1.82, 2.24) is 0 Å². The molecule has 3 rings (SSSR count). The lowest BCUT2D eigenvalue weighted by atomic mass is 9.90. The van der Waals surface area contributed by atoms with Gasteiger partial charge in [-0.3, -0.25) is 0 Å². The summed E-state index contributed by atoms with van der Waals surface area (Å²) in [7, 11) is 4.46. The van der Waals surface area contributed by atoms with Crippen molar-refractivity contribution in [3.05, 3.63) is 95.1 Å². The van der Waals surface area contributed by atoms with Gasteiger partial charge in [-0.25, -0.2) is 8.78 Å². The summed E-state index contributed by atoms with van der Waals surface area (Å²) in [5.41, 5.74) is 3.66. The average Bonchev–Trinajstić information content (AvgIpc) is 2.70. The molecule has 0 spiro atoms. The predicted molar refractivity (Wildman–Crippen MR) is 104 cm³/mol. The normalized spacial score (nSPS) is 11.6. The number of methoxy groups -OCH3 is 3. The van der Waals surface area contributed by atoms with Gasteiger partial charge >= 0.3 is 0 Å². The zero-order chi connectivity index (χ0) is 20.1. The second-order valence-electron chi connectivity index (χ2n) is 6.35. The Kier molecular flexibility index (Phi) is 6.19. The topological polar surface area (TPSA) is 27.7 Å². The predicted octanol–water partition coefficient (Wildman–Crippen LogP) is 5.27. The Hall–Kier alpha value is -2.60. The Morgan fingerprint density at radius 3 is 1.96 bits per heavy atom. The molecule has 28 heavy (non-hydrogen) atoms. The summed E-state index contributed by atoms with van der Waals surface area (Å²) in [4.78, 5) is 0. The quantitative estimate of drug-likeness (QED) is 0.519. The standard InChI is InChI=1S/C23H22F2O3/c1-26-15-18-11-17(16-7-5-4-6-8-16)9-10-22(18)23(27-2,28-3)19-12-20(24)14-21(25)13-19/h4-14H,15H2,1-3H3. The van der Waals surface area contributed by atoms with Gasteiger partial charge < -0.3 is 14.2 Å². The molecule has 0 atom stereocenters. The first-order chi connectivity index (χ1) is 13.5. The van der Waals surface area contributed by atoms with Crippen molar-refractivity contribution in [2.45, 2.75) is 12.4 Å². The first kappa shape index (κ1) is 20.1. The number of hydrogen-bond acceptors (Lipinski definition) is 3. The van der Waals surface area contributed by atoms with E-state index in [1.54, 1.807) is 7.11 Å². The molecule has 0 aliphatic carbocycles. The fourth-order valence-corrected chi connectivity index (χ4v) is 3.44. The van der Waals surface area contributed by atoms with Gasteiger partial charge in [0.15, 0.2) is 0 Å². The van der Waals surface area contributed by atoms with Crippen LogP contribution in [0.25, 0.3) is 11.1 Å². The van der Waals surface area contributed by atoms with E-state index in [2.05, 4.69) is 0 Å². The summed E-state index contributed by atoms with van der Waals surface area (Å²) in [5, 5.41) is 0. The lowest BCUT2D eigenvalue weighted by molar-refractivity contribution is -0.184. The summed E-state index contributed by atoms with van der Waals surface area (Å²) in [6, 6.07) is 18.8. The average molecular weight is 384 g/mol. The van der Waals surface area contributed by atoms with Gasteiger partial charge in [0, 0.05) is 38.5 Å². The molecule has 3 aromatic carbocycles. The van der Waals surface area contributed by atoms with Crippen LogP contribution in [-0.2, 0) is 26.6 Å². The largest absolute Gasteiger partial charge is 0.380 e. The van der Waals surface area contributed by atoms with Crippen LogP contribution in [0.5, 0.6) is 0 Å². The molecule has 0 aromatic heterocycles. The minimum atomic E-state index is -1.48. The minimum Gasteiger partial charge on any atom is -0.380 e. The lowest BCUT2D eigenvalue weighted by Gasteiger charge is -2.33. The van der Waals surface area contributed by atoms with Gasteiger partial charge in [0.05, 0.1) is 6.61 Å². The van der Waals surface area contributed by atoms with E-state index in [1.165, 1.54) is 26.4 Å². The highest BCUT2D eigenvalue weighted by molar-refractivity contribution is 5.65. The molecular weight excluding hydrogens is 362 g/mol. The van der Waals surface area contributed by atoms with Gasteiger partial charge in [-0.15, -0.1) is 0 Å². The monoisotopic (exact) mass is 384 g/mol. The van der Waals surface area contributed by atoms with E-state index in [4.69, 9.17) is 14.2 Å². The summed E-state index contributed by atoms with van der Waals surface area (Å²) in [5.74, 6) is -2.89. The van der Waals surface area contributed by atoms with Gasteiger partial charge in [0.1, 0.15) is 11.6 Å². The van der Waals surface area contributed by atoms with Crippen molar-refractivity contribution in [3.63, 3.8) is 0 Å². The molecule has 0 saturated carbocycles. The highest BCUT2D eigenvalue weighted by Gasteiger charge is 2.37. The van der Waals surface area contributed by atoms with Crippen LogP contribution in [0, 0.1) is 11.6 Å². The second kappa shape index (κ2) is 8.61. The maximum Gasteiger partial charge on any atom is 0.222 e. The van der Waals surface area contributed by atoms with Crippen LogP contribution in [-0.4, -0.2) is 21.3 Å². The van der Waals surface area contributed by atoms with Gasteiger partial charge in [-0.2, -0.15) is 0 Å². The molecule has 0 unspecified atom stereocenters.